The highest BCUT2D eigenvalue weighted by molar-refractivity contribution is 5.85. The molecule has 0 radical (unpaired) electrons. The molecule has 1 saturated carbocycles. The normalized spacial score (nSPS) is 15.9. The average Bonchev–Trinajstić information content (AvgIpc) is 3.57. The lowest BCUT2D eigenvalue weighted by Gasteiger charge is -2.23. The van der Waals surface area contributed by atoms with Gasteiger partial charge in [-0.3, -0.25) is 14.4 Å². The molecule has 170 valence electrons. The molecule has 0 aromatic carbocycles. The zero-order chi connectivity index (χ0) is 22.2. The summed E-state index contributed by atoms with van der Waals surface area (Å²) in [5.41, 5.74) is 2.53. The summed E-state index contributed by atoms with van der Waals surface area (Å²) in [6, 6.07) is 1.89. The minimum Gasteiger partial charge on any atom is -0.466 e. The molecule has 0 unspecified atom stereocenters. The molecule has 0 spiro atoms. The van der Waals surface area contributed by atoms with E-state index < -0.39 is 0 Å². The van der Waals surface area contributed by atoms with Crippen molar-refractivity contribution in [3.8, 4) is 0 Å². The molecule has 3 rings (SSSR count). The predicted octanol–water partition coefficient (Wildman–Crippen LogP) is 2.21. The summed E-state index contributed by atoms with van der Waals surface area (Å²) in [4.78, 5) is 42.9. The van der Waals surface area contributed by atoms with E-state index in [9.17, 15) is 14.4 Å². The molecule has 1 aliphatic heterocycles. The number of ether oxygens (including phenoxy) is 1. The summed E-state index contributed by atoms with van der Waals surface area (Å²) >= 11 is 0. The first-order valence-corrected chi connectivity index (χ1v) is 11.4. The van der Waals surface area contributed by atoms with Crippen LogP contribution in [-0.4, -0.2) is 59.4 Å². The van der Waals surface area contributed by atoms with E-state index in [0.717, 1.165) is 50.9 Å². The van der Waals surface area contributed by atoms with Gasteiger partial charge in [0.25, 0.3) is 0 Å². The molecule has 2 amide bonds. The Balaban J connectivity index is 1.46. The van der Waals surface area contributed by atoms with Crippen molar-refractivity contribution in [1.82, 2.24) is 15.2 Å². The van der Waals surface area contributed by atoms with Crippen molar-refractivity contribution < 1.29 is 19.1 Å². The summed E-state index contributed by atoms with van der Waals surface area (Å²) in [5.74, 6) is 0.435. The van der Waals surface area contributed by atoms with Crippen LogP contribution < -0.4 is 10.6 Å². The Bertz CT molecular complexity index is 794. The van der Waals surface area contributed by atoms with Crippen molar-refractivity contribution in [2.45, 2.75) is 77.3 Å². The Morgan fingerprint density at radius 2 is 2.16 bits per heavy atom. The number of fused-ring (bicyclic) bond motifs is 1. The number of nitrogens with one attached hydrogen (secondary N) is 2. The number of carbonyl (C=O) groups excluding carboxylic acids is 3. The minimum atomic E-state index is -0.334. The molecule has 8 heteroatoms. The Hall–Kier alpha value is -2.64. The van der Waals surface area contributed by atoms with Crippen molar-refractivity contribution in [3.63, 3.8) is 0 Å². The van der Waals surface area contributed by atoms with Crippen LogP contribution in [0.4, 0.5) is 5.82 Å². The first kappa shape index (κ1) is 23.0. The van der Waals surface area contributed by atoms with Crippen LogP contribution >= 0.6 is 0 Å². The fourth-order valence-electron chi connectivity index (χ4n) is 4.05. The van der Waals surface area contributed by atoms with Gasteiger partial charge in [-0.1, -0.05) is 0 Å². The molecule has 0 bridgehead atoms. The lowest BCUT2D eigenvalue weighted by molar-refractivity contribution is -0.144. The summed E-state index contributed by atoms with van der Waals surface area (Å²) in [5, 5.41) is 6.15. The van der Waals surface area contributed by atoms with E-state index in [4.69, 9.17) is 4.74 Å². The number of nitrogens with zero attached hydrogens (tertiary/aromatic N) is 2. The number of anilines is 1. The van der Waals surface area contributed by atoms with E-state index in [1.165, 1.54) is 11.1 Å². The predicted molar refractivity (Wildman–Crippen MR) is 118 cm³/mol. The first-order chi connectivity index (χ1) is 15.0. The molecule has 1 aromatic rings. The number of esters is 1. The van der Waals surface area contributed by atoms with E-state index in [-0.39, 0.29) is 42.8 Å². The van der Waals surface area contributed by atoms with Crippen LogP contribution in [0.3, 0.4) is 0 Å². The van der Waals surface area contributed by atoms with E-state index in [1.807, 2.05) is 12.3 Å². The van der Waals surface area contributed by atoms with E-state index in [0.29, 0.717) is 13.0 Å². The van der Waals surface area contributed by atoms with Crippen LogP contribution in [0.15, 0.2) is 12.3 Å². The maximum atomic E-state index is 12.8. The molecule has 8 nitrogen and oxygen atoms in total. The van der Waals surface area contributed by atoms with Crippen LogP contribution in [0.2, 0.25) is 0 Å². The molecule has 0 saturated heterocycles. The van der Waals surface area contributed by atoms with Crippen LogP contribution in [-0.2, 0) is 32.0 Å². The van der Waals surface area contributed by atoms with Gasteiger partial charge in [0.2, 0.25) is 11.8 Å². The zero-order valence-electron chi connectivity index (χ0n) is 18.6. The maximum Gasteiger partial charge on any atom is 0.307 e. The Morgan fingerprint density at radius 1 is 1.35 bits per heavy atom. The fraction of sp³-hybridized carbons (Fsp3) is 0.652. The van der Waals surface area contributed by atoms with Crippen LogP contribution in [0.1, 0.15) is 63.5 Å². The molecule has 1 fully saturated rings. The van der Waals surface area contributed by atoms with E-state index in [1.54, 1.807) is 18.7 Å². The smallest absolute Gasteiger partial charge is 0.307 e. The van der Waals surface area contributed by atoms with E-state index >= 15 is 0 Å². The molecule has 1 aromatic heterocycles. The van der Waals surface area contributed by atoms with Crippen LogP contribution in [0.5, 0.6) is 0 Å². The topological polar surface area (TPSA) is 101 Å². The van der Waals surface area contributed by atoms with E-state index in [2.05, 4.69) is 15.6 Å². The molecular weight excluding hydrogens is 396 g/mol. The SMILES string of the molecule is CCOC(=O)C[C@@H](C)NC(=O)CN(C(=O)CCCc1ccnc2c1CCCN2)C1CC1. The largest absolute Gasteiger partial charge is 0.466 e. The highest BCUT2D eigenvalue weighted by atomic mass is 16.5. The second-order valence-corrected chi connectivity index (χ2v) is 8.41. The molecular formula is C23H34N4O4. The average molecular weight is 431 g/mol. The molecule has 2 heterocycles. The number of aryl methyl sites for hydroxylation is 1. The van der Waals surface area contributed by atoms with Crippen molar-refractivity contribution in [2.24, 2.45) is 0 Å². The summed E-state index contributed by atoms with van der Waals surface area (Å²) in [7, 11) is 0. The number of rotatable bonds is 11. The molecule has 2 N–H and O–H groups in total. The lowest BCUT2D eigenvalue weighted by atomic mass is 9.97. The van der Waals surface area contributed by atoms with Gasteiger partial charge in [0.15, 0.2) is 0 Å². The number of carbonyl (C=O) groups is 3. The third-order valence-corrected chi connectivity index (χ3v) is 5.69. The number of pyridine rings is 1. The van der Waals surface area contributed by atoms with Gasteiger partial charge in [-0.25, -0.2) is 4.98 Å². The van der Waals surface area contributed by atoms with Crippen molar-refractivity contribution in [1.29, 1.82) is 0 Å². The summed E-state index contributed by atoms with van der Waals surface area (Å²) in [6.45, 7) is 4.84. The van der Waals surface area contributed by atoms with Gasteiger partial charge in [0.05, 0.1) is 19.6 Å². The monoisotopic (exact) mass is 430 g/mol. The number of hydrogen-bond donors (Lipinski definition) is 2. The number of hydrogen-bond acceptors (Lipinski definition) is 6. The summed E-state index contributed by atoms with van der Waals surface area (Å²) in [6.07, 6.45) is 7.98. The third kappa shape index (κ3) is 6.94. The van der Waals surface area contributed by atoms with Gasteiger partial charge in [0, 0.05) is 31.2 Å². The maximum absolute atomic E-state index is 12.8. The third-order valence-electron chi connectivity index (χ3n) is 5.69. The van der Waals surface area contributed by atoms with Gasteiger partial charge >= 0.3 is 5.97 Å². The Labute approximate surface area is 184 Å². The Kier molecular flexibility index (Phi) is 8.26. The molecule has 2 aliphatic rings. The quantitative estimate of drug-likeness (QED) is 0.522. The molecule has 31 heavy (non-hydrogen) atoms. The lowest BCUT2D eigenvalue weighted by Crippen LogP contribution is -2.45. The number of aromatic nitrogens is 1. The highest BCUT2D eigenvalue weighted by Crippen LogP contribution is 2.28. The van der Waals surface area contributed by atoms with Gasteiger partial charge in [-0.15, -0.1) is 0 Å². The second kappa shape index (κ2) is 11.1. The van der Waals surface area contributed by atoms with Gasteiger partial charge in [-0.05, 0) is 69.6 Å². The number of amides is 2. The molecule has 1 atom stereocenters. The minimum absolute atomic E-state index is 0.0248. The standard InChI is InChI=1S/C23H34N4O4/c1-3-31-22(30)14-16(2)26-20(28)15-27(18-9-10-18)21(29)8-4-6-17-11-13-25-23-19(17)7-5-12-24-23/h11,13,16,18H,3-10,12,14-15H2,1-2H3,(H,24,25)(H,26,28)/t16-/m1/s1. The second-order valence-electron chi connectivity index (χ2n) is 8.41. The summed E-state index contributed by atoms with van der Waals surface area (Å²) < 4.78 is 4.91. The van der Waals surface area contributed by atoms with Crippen LogP contribution in [0, 0.1) is 0 Å². The van der Waals surface area contributed by atoms with Gasteiger partial charge < -0.3 is 20.3 Å². The highest BCUT2D eigenvalue weighted by Gasteiger charge is 2.33. The van der Waals surface area contributed by atoms with Crippen molar-refractivity contribution >= 4 is 23.6 Å². The van der Waals surface area contributed by atoms with Gasteiger partial charge in [0.1, 0.15) is 5.82 Å². The van der Waals surface area contributed by atoms with Crippen molar-refractivity contribution in [3.05, 3.63) is 23.4 Å². The molecule has 1 aliphatic carbocycles. The first-order valence-electron chi connectivity index (χ1n) is 11.4. The Morgan fingerprint density at radius 3 is 2.90 bits per heavy atom. The van der Waals surface area contributed by atoms with Crippen molar-refractivity contribution in [2.75, 3.05) is 25.0 Å². The van der Waals surface area contributed by atoms with Crippen LogP contribution in [0.25, 0.3) is 0 Å². The zero-order valence-corrected chi connectivity index (χ0v) is 18.6. The van der Waals surface area contributed by atoms with Gasteiger partial charge in [-0.2, -0.15) is 0 Å². The fourth-order valence-corrected chi connectivity index (χ4v) is 4.05.